The van der Waals surface area contributed by atoms with Crippen molar-refractivity contribution in [3.63, 3.8) is 0 Å². The van der Waals surface area contributed by atoms with E-state index >= 15 is 0 Å². The Balaban J connectivity index is 1.82. The maximum absolute atomic E-state index is 8.94. The number of fused-ring (bicyclic) bond motifs is 3. The molecule has 24 heavy (non-hydrogen) atoms. The van der Waals surface area contributed by atoms with E-state index in [0.29, 0.717) is 18.4 Å². The van der Waals surface area contributed by atoms with Gasteiger partial charge in [-0.05, 0) is 37.7 Å². The second-order valence-electron chi connectivity index (χ2n) is 6.80. The van der Waals surface area contributed by atoms with Crippen molar-refractivity contribution >= 4 is 21.9 Å². The van der Waals surface area contributed by atoms with E-state index in [1.807, 2.05) is 12.3 Å². The van der Waals surface area contributed by atoms with Gasteiger partial charge in [-0.2, -0.15) is 5.26 Å². The smallest absolute Gasteiger partial charge is 0.109 e. The number of rotatable bonds is 3. The predicted molar refractivity (Wildman–Crippen MR) is 95.6 cm³/mol. The molecule has 0 N–H and O–H groups in total. The molecule has 1 saturated carbocycles. The highest BCUT2D eigenvalue weighted by Crippen LogP contribution is 2.37. The molecule has 3 aromatic rings. The lowest BCUT2D eigenvalue weighted by molar-refractivity contribution is 0.278. The molecule has 0 atom stereocenters. The Bertz CT molecular complexity index is 910. The Labute approximate surface area is 142 Å². The van der Waals surface area contributed by atoms with Crippen molar-refractivity contribution < 1.29 is 0 Å². The molecule has 2 aromatic heterocycles. The van der Waals surface area contributed by atoms with E-state index in [0.717, 1.165) is 49.0 Å². The zero-order valence-electron chi connectivity index (χ0n) is 14.1. The lowest BCUT2D eigenvalue weighted by atomic mass is 9.84. The number of para-hydroxylation sites is 1. The molecule has 1 fully saturated rings. The number of nitrogens with zero attached hydrogens (tertiary/aromatic N) is 4. The third-order valence-electron chi connectivity index (χ3n) is 5.37. The SMILES string of the molecule is CCc1nc2cnc3ccccc3c2n1[C@H]1CC[C@H](CC#N)CC1. The van der Waals surface area contributed by atoms with E-state index in [-0.39, 0.29) is 0 Å². The molecule has 0 amide bonds. The van der Waals surface area contributed by atoms with Gasteiger partial charge in [0.15, 0.2) is 0 Å². The first-order valence-electron chi connectivity index (χ1n) is 8.93. The fourth-order valence-corrected chi connectivity index (χ4v) is 4.15. The van der Waals surface area contributed by atoms with Gasteiger partial charge in [-0.25, -0.2) is 4.98 Å². The standard InChI is InChI=1S/C20H22N4/c1-2-19-23-18-13-22-17-6-4-3-5-16(17)20(18)24(19)15-9-7-14(8-10-15)11-12-21/h3-6,13-15H,2,7-11H2,1H3/t14-,15-. The summed E-state index contributed by atoms with van der Waals surface area (Å²) in [6.45, 7) is 2.18. The quantitative estimate of drug-likeness (QED) is 0.697. The summed E-state index contributed by atoms with van der Waals surface area (Å²) in [6.07, 6.45) is 8.11. The zero-order chi connectivity index (χ0) is 16.5. The topological polar surface area (TPSA) is 54.5 Å². The summed E-state index contributed by atoms with van der Waals surface area (Å²) in [5, 5.41) is 10.1. The first-order chi connectivity index (χ1) is 11.8. The van der Waals surface area contributed by atoms with Crippen LogP contribution in [-0.4, -0.2) is 14.5 Å². The second kappa shape index (κ2) is 6.24. The van der Waals surface area contributed by atoms with Gasteiger partial charge in [0.2, 0.25) is 0 Å². The Morgan fingerprint density at radius 3 is 2.71 bits per heavy atom. The molecule has 0 radical (unpaired) electrons. The van der Waals surface area contributed by atoms with Crippen LogP contribution in [0.25, 0.3) is 21.9 Å². The van der Waals surface area contributed by atoms with E-state index < -0.39 is 0 Å². The first-order valence-corrected chi connectivity index (χ1v) is 8.93. The van der Waals surface area contributed by atoms with Crippen molar-refractivity contribution in [1.29, 1.82) is 5.26 Å². The summed E-state index contributed by atoms with van der Waals surface area (Å²) < 4.78 is 2.47. The van der Waals surface area contributed by atoms with Gasteiger partial charge in [0.05, 0.1) is 23.3 Å². The third kappa shape index (κ3) is 2.45. The van der Waals surface area contributed by atoms with Crippen LogP contribution in [0.3, 0.4) is 0 Å². The molecule has 4 heteroatoms. The highest BCUT2D eigenvalue weighted by molar-refractivity contribution is 6.02. The minimum atomic E-state index is 0.491. The van der Waals surface area contributed by atoms with Crippen LogP contribution in [0.5, 0.6) is 0 Å². The number of aromatic nitrogens is 3. The number of nitriles is 1. The van der Waals surface area contributed by atoms with Crippen LogP contribution >= 0.6 is 0 Å². The number of pyridine rings is 1. The molecule has 4 rings (SSSR count). The average molecular weight is 318 g/mol. The summed E-state index contributed by atoms with van der Waals surface area (Å²) in [4.78, 5) is 9.43. The van der Waals surface area contributed by atoms with Crippen molar-refractivity contribution in [2.45, 2.75) is 51.5 Å². The summed E-state index contributed by atoms with van der Waals surface area (Å²) in [6, 6.07) is 11.2. The molecule has 0 saturated heterocycles. The molecule has 1 aliphatic carbocycles. The van der Waals surface area contributed by atoms with Crippen LogP contribution in [0.15, 0.2) is 30.5 Å². The van der Waals surface area contributed by atoms with Gasteiger partial charge in [0.25, 0.3) is 0 Å². The van der Waals surface area contributed by atoms with Gasteiger partial charge >= 0.3 is 0 Å². The summed E-state index contributed by atoms with van der Waals surface area (Å²) >= 11 is 0. The normalized spacial score (nSPS) is 21.2. The molecule has 0 bridgehead atoms. The van der Waals surface area contributed by atoms with E-state index in [2.05, 4.69) is 40.7 Å². The maximum atomic E-state index is 8.94. The number of imidazole rings is 1. The van der Waals surface area contributed by atoms with Crippen LogP contribution < -0.4 is 0 Å². The summed E-state index contributed by atoms with van der Waals surface area (Å²) in [5.74, 6) is 1.73. The Morgan fingerprint density at radius 1 is 1.17 bits per heavy atom. The number of aryl methyl sites for hydroxylation is 1. The van der Waals surface area contributed by atoms with Crippen LogP contribution in [0.4, 0.5) is 0 Å². The average Bonchev–Trinajstić information content (AvgIpc) is 3.02. The van der Waals surface area contributed by atoms with Gasteiger partial charge in [-0.1, -0.05) is 25.1 Å². The van der Waals surface area contributed by atoms with Crippen LogP contribution in [0.2, 0.25) is 0 Å². The lowest BCUT2D eigenvalue weighted by Crippen LogP contribution is -2.19. The second-order valence-corrected chi connectivity index (χ2v) is 6.80. The molecular weight excluding hydrogens is 296 g/mol. The van der Waals surface area contributed by atoms with Gasteiger partial charge in [-0.15, -0.1) is 0 Å². The van der Waals surface area contributed by atoms with Gasteiger partial charge in [0, 0.05) is 24.3 Å². The van der Waals surface area contributed by atoms with Crippen molar-refractivity contribution in [3.05, 3.63) is 36.3 Å². The van der Waals surface area contributed by atoms with Gasteiger partial charge in [-0.3, -0.25) is 4.98 Å². The molecule has 0 spiro atoms. The number of hydrogen-bond donors (Lipinski definition) is 0. The Morgan fingerprint density at radius 2 is 1.96 bits per heavy atom. The molecule has 2 heterocycles. The van der Waals surface area contributed by atoms with Crippen molar-refractivity contribution in [1.82, 2.24) is 14.5 Å². The Hall–Kier alpha value is -2.41. The summed E-state index contributed by atoms with van der Waals surface area (Å²) in [7, 11) is 0. The predicted octanol–water partition coefficient (Wildman–Crippen LogP) is 4.79. The minimum Gasteiger partial charge on any atom is -0.324 e. The van der Waals surface area contributed by atoms with E-state index in [4.69, 9.17) is 10.2 Å². The van der Waals surface area contributed by atoms with Crippen molar-refractivity contribution in [3.8, 4) is 6.07 Å². The minimum absolute atomic E-state index is 0.491. The van der Waals surface area contributed by atoms with E-state index in [9.17, 15) is 0 Å². The maximum Gasteiger partial charge on any atom is 0.109 e. The summed E-state index contributed by atoms with van der Waals surface area (Å²) in [5.41, 5.74) is 3.28. The van der Waals surface area contributed by atoms with E-state index in [1.165, 1.54) is 10.9 Å². The molecule has 4 nitrogen and oxygen atoms in total. The molecular formula is C20H22N4. The number of benzene rings is 1. The molecule has 0 aliphatic heterocycles. The van der Waals surface area contributed by atoms with Crippen LogP contribution in [0.1, 0.15) is 50.9 Å². The van der Waals surface area contributed by atoms with Crippen LogP contribution in [-0.2, 0) is 6.42 Å². The molecule has 0 unspecified atom stereocenters. The van der Waals surface area contributed by atoms with Gasteiger partial charge < -0.3 is 4.57 Å². The fraction of sp³-hybridized carbons (Fsp3) is 0.450. The largest absolute Gasteiger partial charge is 0.324 e. The Kier molecular flexibility index (Phi) is 3.93. The van der Waals surface area contributed by atoms with E-state index in [1.54, 1.807) is 0 Å². The lowest BCUT2D eigenvalue weighted by Gasteiger charge is -2.30. The fourth-order valence-electron chi connectivity index (χ4n) is 4.15. The molecule has 1 aliphatic rings. The van der Waals surface area contributed by atoms with Crippen molar-refractivity contribution in [2.24, 2.45) is 5.92 Å². The highest BCUT2D eigenvalue weighted by atomic mass is 15.1. The van der Waals surface area contributed by atoms with Gasteiger partial charge in [0.1, 0.15) is 11.3 Å². The number of hydrogen-bond acceptors (Lipinski definition) is 3. The highest BCUT2D eigenvalue weighted by Gasteiger charge is 2.26. The molecule has 1 aromatic carbocycles. The first kappa shape index (κ1) is 15.1. The monoisotopic (exact) mass is 318 g/mol. The third-order valence-corrected chi connectivity index (χ3v) is 5.37. The molecule has 122 valence electrons. The van der Waals surface area contributed by atoms with Crippen LogP contribution in [0, 0.1) is 17.2 Å². The zero-order valence-corrected chi connectivity index (χ0v) is 14.1. The van der Waals surface area contributed by atoms with Crippen molar-refractivity contribution in [2.75, 3.05) is 0 Å².